The van der Waals surface area contributed by atoms with Crippen LogP contribution in [0.25, 0.3) is 0 Å². The number of rotatable bonds is 5. The van der Waals surface area contributed by atoms with E-state index in [1.165, 1.54) is 0 Å². The lowest BCUT2D eigenvalue weighted by molar-refractivity contribution is 0.0678. The van der Waals surface area contributed by atoms with Gasteiger partial charge < -0.3 is 15.1 Å². The topological polar surface area (TPSA) is 73.7 Å². The molecular formula is C10H12F2N2O3. The highest BCUT2D eigenvalue weighted by atomic mass is 19.2. The van der Waals surface area contributed by atoms with Crippen molar-refractivity contribution in [3.05, 3.63) is 29.6 Å². The molecule has 0 saturated carbocycles. The molecule has 0 aromatic carbocycles. The summed E-state index contributed by atoms with van der Waals surface area (Å²) in [5.41, 5.74) is -0.473. The minimum Gasteiger partial charge on any atom is -0.395 e. The van der Waals surface area contributed by atoms with E-state index in [0.717, 1.165) is 17.2 Å². The van der Waals surface area contributed by atoms with E-state index in [-0.39, 0.29) is 26.3 Å². The van der Waals surface area contributed by atoms with E-state index in [0.29, 0.717) is 0 Å². The van der Waals surface area contributed by atoms with Gasteiger partial charge in [-0.15, -0.1) is 0 Å². The molecular weight excluding hydrogens is 234 g/mol. The molecule has 2 N–H and O–H groups in total. The Morgan fingerprint density at radius 1 is 1.29 bits per heavy atom. The molecule has 94 valence electrons. The molecule has 0 aliphatic heterocycles. The molecule has 0 aliphatic carbocycles. The number of aliphatic hydroxyl groups excluding tert-OH is 2. The van der Waals surface area contributed by atoms with Crippen LogP contribution in [0.3, 0.4) is 0 Å². The highest BCUT2D eigenvalue weighted by molar-refractivity contribution is 5.94. The first kappa shape index (κ1) is 13.5. The smallest absolute Gasteiger partial charge is 0.257 e. The fraction of sp³-hybridized carbons (Fsp3) is 0.400. The molecule has 0 spiro atoms. The van der Waals surface area contributed by atoms with E-state index in [1.807, 2.05) is 0 Å². The number of aromatic nitrogens is 1. The lowest BCUT2D eigenvalue weighted by atomic mass is 10.2. The summed E-state index contributed by atoms with van der Waals surface area (Å²) in [4.78, 5) is 15.9. The molecule has 0 bridgehead atoms. The SMILES string of the molecule is O=C(c1ccnc(F)c1F)N(CCO)CCO. The van der Waals surface area contributed by atoms with Crippen molar-refractivity contribution >= 4 is 5.91 Å². The van der Waals surface area contributed by atoms with Gasteiger partial charge in [0.05, 0.1) is 18.8 Å². The minimum atomic E-state index is -1.36. The monoisotopic (exact) mass is 246 g/mol. The maximum absolute atomic E-state index is 13.3. The minimum absolute atomic E-state index is 0.0667. The Hall–Kier alpha value is -1.60. The highest BCUT2D eigenvalue weighted by Crippen LogP contribution is 2.11. The van der Waals surface area contributed by atoms with Gasteiger partial charge >= 0.3 is 0 Å². The Bertz CT molecular complexity index is 395. The Morgan fingerprint density at radius 2 is 1.88 bits per heavy atom. The molecule has 0 radical (unpaired) electrons. The summed E-state index contributed by atoms with van der Waals surface area (Å²) in [5, 5.41) is 17.5. The molecule has 1 heterocycles. The van der Waals surface area contributed by atoms with Gasteiger partial charge in [-0.25, -0.2) is 9.37 Å². The van der Waals surface area contributed by atoms with Gasteiger partial charge in [-0.3, -0.25) is 4.79 Å². The van der Waals surface area contributed by atoms with Gasteiger partial charge in [0.15, 0.2) is 5.82 Å². The van der Waals surface area contributed by atoms with Crippen LogP contribution in [0.2, 0.25) is 0 Å². The van der Waals surface area contributed by atoms with Crippen LogP contribution in [0, 0.1) is 11.8 Å². The summed E-state index contributed by atoms with van der Waals surface area (Å²) >= 11 is 0. The number of carbonyl (C=O) groups excluding carboxylic acids is 1. The quantitative estimate of drug-likeness (QED) is 0.705. The Balaban J connectivity index is 2.96. The second-order valence-electron chi connectivity index (χ2n) is 3.20. The predicted octanol–water partition coefficient (Wildman–Crippen LogP) is -0.213. The summed E-state index contributed by atoms with van der Waals surface area (Å²) in [6, 6.07) is 1.04. The highest BCUT2D eigenvalue weighted by Gasteiger charge is 2.21. The number of aliphatic hydroxyl groups is 2. The van der Waals surface area contributed by atoms with Crippen molar-refractivity contribution in [3.8, 4) is 0 Å². The van der Waals surface area contributed by atoms with E-state index >= 15 is 0 Å². The van der Waals surface area contributed by atoms with Gasteiger partial charge in [0.25, 0.3) is 5.91 Å². The van der Waals surface area contributed by atoms with Gasteiger partial charge in [0.1, 0.15) is 0 Å². The molecule has 5 nitrogen and oxygen atoms in total. The summed E-state index contributed by atoms with van der Waals surface area (Å²) < 4.78 is 26.1. The van der Waals surface area contributed by atoms with Gasteiger partial charge in [-0.05, 0) is 6.07 Å². The number of carbonyl (C=O) groups is 1. The Kier molecular flexibility index (Phi) is 4.92. The number of hydrogen-bond acceptors (Lipinski definition) is 4. The maximum Gasteiger partial charge on any atom is 0.257 e. The second kappa shape index (κ2) is 6.21. The van der Waals surface area contributed by atoms with Gasteiger partial charge in [-0.2, -0.15) is 4.39 Å². The maximum atomic E-state index is 13.3. The lowest BCUT2D eigenvalue weighted by Gasteiger charge is -2.20. The zero-order chi connectivity index (χ0) is 12.8. The van der Waals surface area contributed by atoms with E-state index < -0.39 is 23.2 Å². The molecule has 0 atom stereocenters. The van der Waals surface area contributed by atoms with Crippen LogP contribution in [-0.4, -0.2) is 52.3 Å². The van der Waals surface area contributed by atoms with E-state index in [2.05, 4.69) is 4.98 Å². The standard InChI is InChI=1S/C10H12F2N2O3/c11-8-7(1-2-13-9(8)12)10(17)14(3-5-15)4-6-16/h1-2,15-16H,3-6H2. The van der Waals surface area contributed by atoms with Crippen molar-refractivity contribution in [1.82, 2.24) is 9.88 Å². The molecule has 1 rings (SSSR count). The molecule has 7 heteroatoms. The Morgan fingerprint density at radius 3 is 2.41 bits per heavy atom. The average molecular weight is 246 g/mol. The van der Waals surface area contributed by atoms with Crippen molar-refractivity contribution in [2.75, 3.05) is 26.3 Å². The zero-order valence-electron chi connectivity index (χ0n) is 8.94. The first-order chi connectivity index (χ1) is 8.11. The number of nitrogens with zero attached hydrogens (tertiary/aromatic N) is 2. The largest absolute Gasteiger partial charge is 0.395 e. The normalized spacial score (nSPS) is 10.4. The summed E-state index contributed by atoms with van der Waals surface area (Å²) in [5.74, 6) is -3.49. The van der Waals surface area contributed by atoms with Crippen molar-refractivity contribution in [2.24, 2.45) is 0 Å². The third-order valence-corrected chi connectivity index (χ3v) is 2.10. The lowest BCUT2D eigenvalue weighted by Crippen LogP contribution is -2.36. The first-order valence-corrected chi connectivity index (χ1v) is 4.92. The molecule has 1 aromatic heterocycles. The van der Waals surface area contributed by atoms with Crippen LogP contribution in [-0.2, 0) is 0 Å². The molecule has 0 saturated heterocycles. The summed E-state index contributed by atoms with van der Waals surface area (Å²) in [6.45, 7) is -0.798. The average Bonchev–Trinajstić information content (AvgIpc) is 2.31. The molecule has 1 aromatic rings. The first-order valence-electron chi connectivity index (χ1n) is 4.92. The number of halogens is 2. The predicted molar refractivity (Wildman–Crippen MR) is 54.2 cm³/mol. The third kappa shape index (κ3) is 3.18. The van der Waals surface area contributed by atoms with E-state index in [9.17, 15) is 13.6 Å². The summed E-state index contributed by atoms with van der Waals surface area (Å²) in [7, 11) is 0. The van der Waals surface area contributed by atoms with Gasteiger partial charge in [-0.1, -0.05) is 0 Å². The van der Waals surface area contributed by atoms with Crippen molar-refractivity contribution in [1.29, 1.82) is 0 Å². The Labute approximate surface area is 96.3 Å². The number of hydrogen-bond donors (Lipinski definition) is 2. The molecule has 0 aliphatic rings. The van der Waals surface area contributed by atoms with Crippen molar-refractivity contribution < 1.29 is 23.8 Å². The van der Waals surface area contributed by atoms with Crippen LogP contribution in [0.4, 0.5) is 8.78 Å². The fourth-order valence-corrected chi connectivity index (χ4v) is 1.31. The van der Waals surface area contributed by atoms with E-state index in [1.54, 1.807) is 0 Å². The summed E-state index contributed by atoms with van der Waals surface area (Å²) in [6.07, 6.45) is 0.974. The number of pyridine rings is 1. The van der Waals surface area contributed by atoms with Gasteiger partial charge in [0, 0.05) is 19.3 Å². The molecule has 0 fully saturated rings. The molecule has 17 heavy (non-hydrogen) atoms. The fourth-order valence-electron chi connectivity index (χ4n) is 1.31. The zero-order valence-corrected chi connectivity index (χ0v) is 8.94. The second-order valence-corrected chi connectivity index (χ2v) is 3.20. The van der Waals surface area contributed by atoms with Crippen LogP contribution in [0.5, 0.6) is 0 Å². The molecule has 0 unspecified atom stereocenters. The molecule has 1 amide bonds. The van der Waals surface area contributed by atoms with Crippen LogP contribution in [0.1, 0.15) is 10.4 Å². The number of amides is 1. The van der Waals surface area contributed by atoms with Crippen LogP contribution < -0.4 is 0 Å². The van der Waals surface area contributed by atoms with Gasteiger partial charge in [0.2, 0.25) is 5.95 Å². The van der Waals surface area contributed by atoms with Crippen molar-refractivity contribution in [3.63, 3.8) is 0 Å². The van der Waals surface area contributed by atoms with Crippen LogP contribution >= 0.6 is 0 Å². The van der Waals surface area contributed by atoms with Crippen molar-refractivity contribution in [2.45, 2.75) is 0 Å². The van der Waals surface area contributed by atoms with E-state index in [4.69, 9.17) is 10.2 Å². The third-order valence-electron chi connectivity index (χ3n) is 2.10. The van der Waals surface area contributed by atoms with Crippen LogP contribution in [0.15, 0.2) is 12.3 Å².